The van der Waals surface area contributed by atoms with Gasteiger partial charge in [0, 0.05) is 6.54 Å². The largest absolute Gasteiger partial charge is 0.350 e. The Kier molecular flexibility index (Phi) is 5.31. The van der Waals surface area contributed by atoms with E-state index in [4.69, 9.17) is 0 Å². The van der Waals surface area contributed by atoms with Crippen molar-refractivity contribution in [3.05, 3.63) is 75.5 Å². The average Bonchev–Trinajstić information content (AvgIpc) is 3.30. The number of hydrogen-bond acceptors (Lipinski definition) is 5. The van der Waals surface area contributed by atoms with E-state index >= 15 is 0 Å². The van der Waals surface area contributed by atoms with Gasteiger partial charge in [0.1, 0.15) is 15.3 Å². The predicted molar refractivity (Wildman–Crippen MR) is 97.3 cm³/mol. The zero-order valence-corrected chi connectivity index (χ0v) is 15.3. The molecule has 0 aliphatic heterocycles. The average molecular weight is 396 g/mol. The molecule has 0 spiro atoms. The van der Waals surface area contributed by atoms with Crippen LogP contribution >= 0.6 is 22.7 Å². The molecular formula is C17H14FNO3S3. The highest BCUT2D eigenvalue weighted by atomic mass is 32.2. The van der Waals surface area contributed by atoms with Gasteiger partial charge >= 0.3 is 0 Å². The van der Waals surface area contributed by atoms with Gasteiger partial charge in [0.15, 0.2) is 9.84 Å². The minimum atomic E-state index is -3.70. The Balaban J connectivity index is 1.89. The smallest absolute Gasteiger partial charge is 0.261 e. The molecule has 0 saturated carbocycles. The summed E-state index contributed by atoms with van der Waals surface area (Å²) in [6.07, 6.45) is 0. The molecule has 2 aromatic heterocycles. The fourth-order valence-electron chi connectivity index (χ4n) is 2.33. The van der Waals surface area contributed by atoms with Crippen molar-refractivity contribution in [1.82, 2.24) is 5.32 Å². The third-order valence-corrected chi connectivity index (χ3v) is 7.99. The van der Waals surface area contributed by atoms with Crippen LogP contribution in [0.4, 0.5) is 4.39 Å². The summed E-state index contributed by atoms with van der Waals surface area (Å²) >= 11 is 2.39. The number of nitrogens with one attached hydrogen (secondary N) is 1. The third kappa shape index (κ3) is 3.97. The van der Waals surface area contributed by atoms with E-state index in [1.165, 1.54) is 41.7 Å². The SMILES string of the molecule is O=C(NCC(c1ccc(F)cc1)S(=O)(=O)c1cccs1)c1cccs1. The molecule has 3 rings (SSSR count). The molecular weight excluding hydrogens is 381 g/mol. The molecule has 0 bridgehead atoms. The molecule has 1 aromatic carbocycles. The number of carbonyl (C=O) groups is 1. The zero-order valence-electron chi connectivity index (χ0n) is 12.9. The van der Waals surface area contributed by atoms with Crippen LogP contribution in [0.1, 0.15) is 20.5 Å². The maximum atomic E-state index is 13.2. The van der Waals surface area contributed by atoms with E-state index in [-0.39, 0.29) is 16.7 Å². The van der Waals surface area contributed by atoms with Gasteiger partial charge in [0.05, 0.1) is 4.88 Å². The van der Waals surface area contributed by atoms with Gasteiger partial charge in [-0.3, -0.25) is 4.79 Å². The standard InChI is InChI=1S/C17H14FNO3S3/c18-13-7-5-12(6-8-13)15(25(21,22)16-4-2-10-24-16)11-19-17(20)14-3-1-9-23-14/h1-10,15H,11H2,(H,19,20). The van der Waals surface area contributed by atoms with Crippen molar-refractivity contribution < 1.29 is 17.6 Å². The molecule has 1 unspecified atom stereocenters. The fraction of sp³-hybridized carbons (Fsp3) is 0.118. The number of amides is 1. The van der Waals surface area contributed by atoms with Gasteiger partial charge in [-0.15, -0.1) is 22.7 Å². The van der Waals surface area contributed by atoms with Crippen LogP contribution in [0.3, 0.4) is 0 Å². The van der Waals surface area contributed by atoms with E-state index in [9.17, 15) is 17.6 Å². The highest BCUT2D eigenvalue weighted by Crippen LogP contribution is 2.31. The first-order chi connectivity index (χ1) is 12.0. The molecule has 4 nitrogen and oxygen atoms in total. The topological polar surface area (TPSA) is 63.2 Å². The van der Waals surface area contributed by atoms with Crippen molar-refractivity contribution in [1.29, 1.82) is 0 Å². The van der Waals surface area contributed by atoms with Crippen LogP contribution in [-0.2, 0) is 9.84 Å². The monoisotopic (exact) mass is 395 g/mol. The van der Waals surface area contributed by atoms with Crippen LogP contribution in [-0.4, -0.2) is 20.9 Å². The van der Waals surface area contributed by atoms with Gasteiger partial charge in [-0.25, -0.2) is 12.8 Å². The van der Waals surface area contributed by atoms with Crippen LogP contribution in [0.15, 0.2) is 63.5 Å². The van der Waals surface area contributed by atoms with Gasteiger partial charge in [0.2, 0.25) is 0 Å². The molecule has 1 atom stereocenters. The summed E-state index contributed by atoms with van der Waals surface area (Å²) in [5, 5.41) is 5.13. The lowest BCUT2D eigenvalue weighted by Gasteiger charge is -2.18. The molecule has 0 aliphatic rings. The summed E-state index contributed by atoms with van der Waals surface area (Å²) < 4.78 is 39.3. The number of rotatable bonds is 6. The summed E-state index contributed by atoms with van der Waals surface area (Å²) in [6.45, 7) is -0.0946. The van der Waals surface area contributed by atoms with Crippen LogP contribution < -0.4 is 5.32 Å². The summed E-state index contributed by atoms with van der Waals surface area (Å²) in [6, 6.07) is 11.9. The lowest BCUT2D eigenvalue weighted by molar-refractivity contribution is 0.0957. The van der Waals surface area contributed by atoms with Crippen molar-refractivity contribution in [2.24, 2.45) is 0 Å². The Morgan fingerprint density at radius 1 is 1.04 bits per heavy atom. The third-order valence-electron chi connectivity index (χ3n) is 3.58. The lowest BCUT2D eigenvalue weighted by atomic mass is 10.1. The fourth-order valence-corrected chi connectivity index (χ4v) is 5.84. The Bertz CT molecular complexity index is 934. The Hall–Kier alpha value is -2.03. The molecule has 1 N–H and O–H groups in total. The van der Waals surface area contributed by atoms with E-state index in [2.05, 4.69) is 5.32 Å². The van der Waals surface area contributed by atoms with Gasteiger partial charge in [-0.2, -0.15) is 0 Å². The van der Waals surface area contributed by atoms with Gasteiger partial charge in [-0.1, -0.05) is 24.3 Å². The lowest BCUT2D eigenvalue weighted by Crippen LogP contribution is -2.31. The van der Waals surface area contributed by atoms with Crippen LogP contribution in [0.5, 0.6) is 0 Å². The highest BCUT2D eigenvalue weighted by Gasteiger charge is 2.30. The van der Waals surface area contributed by atoms with Crippen molar-refractivity contribution >= 4 is 38.4 Å². The first-order valence-electron chi connectivity index (χ1n) is 7.33. The van der Waals surface area contributed by atoms with Crippen molar-refractivity contribution in [3.8, 4) is 0 Å². The van der Waals surface area contributed by atoms with Crippen molar-refractivity contribution in [3.63, 3.8) is 0 Å². The molecule has 2 heterocycles. The minimum absolute atomic E-state index is 0.0946. The summed E-state index contributed by atoms with van der Waals surface area (Å²) in [5.41, 5.74) is 0.432. The van der Waals surface area contributed by atoms with Crippen LogP contribution in [0.25, 0.3) is 0 Å². The van der Waals surface area contributed by atoms with E-state index in [1.54, 1.807) is 29.0 Å². The first-order valence-corrected chi connectivity index (χ1v) is 10.6. The quantitative estimate of drug-likeness (QED) is 0.689. The van der Waals surface area contributed by atoms with Crippen molar-refractivity contribution in [2.45, 2.75) is 9.46 Å². The van der Waals surface area contributed by atoms with E-state index in [1.807, 2.05) is 0 Å². The molecule has 25 heavy (non-hydrogen) atoms. The van der Waals surface area contributed by atoms with E-state index in [0.29, 0.717) is 10.4 Å². The second kappa shape index (κ2) is 7.47. The Morgan fingerprint density at radius 3 is 2.32 bits per heavy atom. The molecule has 8 heteroatoms. The normalized spacial score (nSPS) is 12.7. The predicted octanol–water partition coefficient (Wildman–Crippen LogP) is 3.89. The molecule has 0 radical (unpaired) electrons. The van der Waals surface area contributed by atoms with E-state index in [0.717, 1.165) is 11.3 Å². The molecule has 3 aromatic rings. The molecule has 0 fully saturated rings. The molecule has 0 aliphatic carbocycles. The summed E-state index contributed by atoms with van der Waals surface area (Å²) in [7, 11) is -3.70. The maximum Gasteiger partial charge on any atom is 0.261 e. The second-order valence-corrected chi connectivity index (χ2v) is 9.46. The Morgan fingerprint density at radius 2 is 1.72 bits per heavy atom. The number of carbonyl (C=O) groups excluding carboxylic acids is 1. The minimum Gasteiger partial charge on any atom is -0.350 e. The molecule has 130 valence electrons. The van der Waals surface area contributed by atoms with Crippen LogP contribution in [0.2, 0.25) is 0 Å². The zero-order chi connectivity index (χ0) is 17.9. The molecule has 0 saturated heterocycles. The number of thiophene rings is 2. The Labute approximate surface area is 152 Å². The van der Waals surface area contributed by atoms with Crippen molar-refractivity contribution in [2.75, 3.05) is 6.54 Å². The van der Waals surface area contributed by atoms with Gasteiger partial charge in [-0.05, 0) is 40.6 Å². The molecule has 1 amide bonds. The van der Waals surface area contributed by atoms with E-state index < -0.39 is 20.9 Å². The van der Waals surface area contributed by atoms with Gasteiger partial charge < -0.3 is 5.32 Å². The number of benzene rings is 1. The first kappa shape index (κ1) is 17.8. The number of halogens is 1. The number of hydrogen-bond donors (Lipinski definition) is 1. The van der Waals surface area contributed by atoms with Crippen LogP contribution in [0, 0.1) is 5.82 Å². The summed E-state index contributed by atoms with van der Waals surface area (Å²) in [4.78, 5) is 12.7. The van der Waals surface area contributed by atoms with Gasteiger partial charge in [0.25, 0.3) is 5.91 Å². The number of sulfone groups is 1. The summed E-state index contributed by atoms with van der Waals surface area (Å²) in [5.74, 6) is -0.776. The maximum absolute atomic E-state index is 13.2. The second-order valence-electron chi connectivity index (χ2n) is 5.20. The highest BCUT2D eigenvalue weighted by molar-refractivity contribution is 7.93.